The predicted octanol–water partition coefficient (Wildman–Crippen LogP) is 1.92. The molecule has 3 N–H and O–H groups in total. The summed E-state index contributed by atoms with van der Waals surface area (Å²) in [5.74, 6) is 0. The number of hydrogen-bond donors (Lipinski definition) is 3. The van der Waals surface area contributed by atoms with Gasteiger partial charge in [-0.2, -0.15) is 0 Å². The minimum Gasteiger partial charge on any atom is -0.394 e. The Morgan fingerprint density at radius 1 is 1.32 bits per heavy atom. The molecule has 0 saturated heterocycles. The van der Waals surface area contributed by atoms with Crippen LogP contribution in [0.2, 0.25) is 0 Å². The van der Waals surface area contributed by atoms with Crippen molar-refractivity contribution in [3.8, 4) is 0 Å². The number of aliphatic hydroxyl groups excluding tert-OH is 1. The Morgan fingerprint density at radius 3 is 3.11 bits per heavy atom. The van der Waals surface area contributed by atoms with Crippen LogP contribution in [0.3, 0.4) is 0 Å². The molecule has 0 radical (unpaired) electrons. The molecule has 1 atom stereocenters. The summed E-state index contributed by atoms with van der Waals surface area (Å²) in [6.07, 6.45) is 3.33. The van der Waals surface area contributed by atoms with Gasteiger partial charge < -0.3 is 20.5 Å². The lowest BCUT2D eigenvalue weighted by molar-refractivity contribution is 0.0903. The zero-order chi connectivity index (χ0) is 13.3. The van der Waals surface area contributed by atoms with Crippen LogP contribution in [-0.2, 0) is 4.74 Å². The summed E-state index contributed by atoms with van der Waals surface area (Å²) in [6, 6.07) is 8.97. The summed E-state index contributed by atoms with van der Waals surface area (Å²) >= 11 is 0. The Hall–Kier alpha value is -1.10. The van der Waals surface area contributed by atoms with E-state index in [1.54, 1.807) is 0 Å². The van der Waals surface area contributed by atoms with Crippen molar-refractivity contribution >= 4 is 5.69 Å². The first kappa shape index (κ1) is 14.3. The van der Waals surface area contributed by atoms with Crippen LogP contribution >= 0.6 is 0 Å². The fourth-order valence-corrected chi connectivity index (χ4v) is 2.48. The molecule has 0 unspecified atom stereocenters. The molecule has 1 heterocycles. The van der Waals surface area contributed by atoms with Crippen molar-refractivity contribution in [3.05, 3.63) is 29.8 Å². The quantitative estimate of drug-likeness (QED) is 0.659. The largest absolute Gasteiger partial charge is 0.394 e. The van der Waals surface area contributed by atoms with Crippen LogP contribution in [0.1, 0.15) is 30.9 Å². The molecule has 2 rings (SSSR count). The number of hydrogen-bond acceptors (Lipinski definition) is 4. The number of ether oxygens (including phenoxy) is 1. The molecular weight excluding hydrogens is 240 g/mol. The van der Waals surface area contributed by atoms with Gasteiger partial charge in [-0.3, -0.25) is 0 Å². The van der Waals surface area contributed by atoms with Gasteiger partial charge in [-0.15, -0.1) is 0 Å². The third kappa shape index (κ3) is 4.49. The highest BCUT2D eigenvalue weighted by molar-refractivity contribution is 5.53. The lowest BCUT2D eigenvalue weighted by Gasteiger charge is -2.19. The highest BCUT2D eigenvalue weighted by atomic mass is 16.5. The van der Waals surface area contributed by atoms with Crippen molar-refractivity contribution in [2.24, 2.45) is 0 Å². The van der Waals surface area contributed by atoms with Crippen molar-refractivity contribution in [1.29, 1.82) is 0 Å². The van der Waals surface area contributed by atoms with Crippen LogP contribution < -0.4 is 10.6 Å². The molecule has 1 aromatic carbocycles. The number of rotatable bonds is 7. The molecule has 0 aromatic heterocycles. The van der Waals surface area contributed by atoms with Gasteiger partial charge in [0, 0.05) is 24.9 Å². The second kappa shape index (κ2) is 8.15. The van der Waals surface area contributed by atoms with Crippen molar-refractivity contribution in [3.63, 3.8) is 0 Å². The Labute approximate surface area is 115 Å². The minimum absolute atomic E-state index is 0.106. The van der Waals surface area contributed by atoms with Gasteiger partial charge in [0.05, 0.1) is 13.2 Å². The van der Waals surface area contributed by atoms with Gasteiger partial charge in [-0.25, -0.2) is 0 Å². The molecule has 0 aliphatic carbocycles. The van der Waals surface area contributed by atoms with Crippen LogP contribution in [0.4, 0.5) is 5.69 Å². The van der Waals surface area contributed by atoms with Gasteiger partial charge >= 0.3 is 0 Å². The van der Waals surface area contributed by atoms with Crippen molar-refractivity contribution in [2.45, 2.75) is 25.3 Å². The highest BCUT2D eigenvalue weighted by Gasteiger charge is 2.16. The van der Waals surface area contributed by atoms with E-state index >= 15 is 0 Å². The molecule has 0 fully saturated rings. The first-order valence-electron chi connectivity index (χ1n) is 7.16. The van der Waals surface area contributed by atoms with E-state index in [1.165, 1.54) is 24.1 Å². The fraction of sp³-hybridized carbons (Fsp3) is 0.600. The van der Waals surface area contributed by atoms with E-state index in [4.69, 9.17) is 9.84 Å². The van der Waals surface area contributed by atoms with E-state index < -0.39 is 0 Å². The smallest absolute Gasteiger partial charge is 0.0697 e. The molecule has 1 aliphatic rings. The molecule has 106 valence electrons. The molecule has 19 heavy (non-hydrogen) atoms. The molecule has 0 amide bonds. The van der Waals surface area contributed by atoms with Crippen LogP contribution in [0.15, 0.2) is 24.3 Å². The second-order valence-corrected chi connectivity index (χ2v) is 4.85. The number of nitrogens with one attached hydrogen (secondary N) is 2. The Bertz CT molecular complexity index is 371. The van der Waals surface area contributed by atoms with Gasteiger partial charge in [0.15, 0.2) is 0 Å². The van der Waals surface area contributed by atoms with E-state index in [2.05, 4.69) is 34.9 Å². The average Bonchev–Trinajstić information content (AvgIpc) is 2.65. The zero-order valence-electron chi connectivity index (χ0n) is 11.4. The van der Waals surface area contributed by atoms with Gasteiger partial charge in [0.25, 0.3) is 0 Å². The monoisotopic (exact) mass is 264 g/mol. The van der Waals surface area contributed by atoms with Gasteiger partial charge in [0.2, 0.25) is 0 Å². The molecule has 0 bridgehead atoms. The van der Waals surface area contributed by atoms with Gasteiger partial charge in [0.1, 0.15) is 0 Å². The van der Waals surface area contributed by atoms with E-state index in [9.17, 15) is 0 Å². The number of benzene rings is 1. The van der Waals surface area contributed by atoms with E-state index in [0.717, 1.165) is 19.5 Å². The topological polar surface area (TPSA) is 53.5 Å². The maximum Gasteiger partial charge on any atom is 0.0697 e. The van der Waals surface area contributed by atoms with E-state index in [1.807, 2.05) is 0 Å². The van der Waals surface area contributed by atoms with Crippen molar-refractivity contribution in [1.82, 2.24) is 5.32 Å². The first-order valence-corrected chi connectivity index (χ1v) is 7.16. The average molecular weight is 264 g/mol. The molecule has 1 aliphatic heterocycles. The molecule has 1 aromatic rings. The molecule has 4 heteroatoms. The number of para-hydroxylation sites is 1. The molecule has 4 nitrogen and oxygen atoms in total. The number of fused-ring (bicyclic) bond motifs is 1. The SMILES string of the molecule is OCCOCCCN[C@H]1CCCNc2ccccc21. The van der Waals surface area contributed by atoms with Crippen LogP contribution in [-0.4, -0.2) is 38.0 Å². The van der Waals surface area contributed by atoms with E-state index in [0.29, 0.717) is 19.3 Å². The second-order valence-electron chi connectivity index (χ2n) is 4.85. The summed E-state index contributed by atoms with van der Waals surface area (Å²) in [4.78, 5) is 0. The minimum atomic E-state index is 0.106. The molecule has 0 saturated carbocycles. The highest BCUT2D eigenvalue weighted by Crippen LogP contribution is 2.28. The van der Waals surface area contributed by atoms with Crippen LogP contribution in [0.5, 0.6) is 0 Å². The molecular formula is C15H24N2O2. The lowest BCUT2D eigenvalue weighted by atomic mass is 10.0. The van der Waals surface area contributed by atoms with Crippen molar-refractivity contribution in [2.75, 3.05) is 38.2 Å². The summed E-state index contributed by atoms with van der Waals surface area (Å²) < 4.78 is 5.26. The maximum absolute atomic E-state index is 8.62. The summed E-state index contributed by atoms with van der Waals surface area (Å²) in [5, 5.41) is 15.7. The summed E-state index contributed by atoms with van der Waals surface area (Å²) in [5.41, 5.74) is 2.63. The summed E-state index contributed by atoms with van der Waals surface area (Å²) in [7, 11) is 0. The van der Waals surface area contributed by atoms with Gasteiger partial charge in [-0.05, 0) is 37.4 Å². The normalized spacial score (nSPS) is 18.5. The van der Waals surface area contributed by atoms with Crippen molar-refractivity contribution < 1.29 is 9.84 Å². The predicted molar refractivity (Wildman–Crippen MR) is 77.4 cm³/mol. The van der Waals surface area contributed by atoms with Crippen LogP contribution in [0.25, 0.3) is 0 Å². The van der Waals surface area contributed by atoms with Crippen LogP contribution in [0, 0.1) is 0 Å². The third-order valence-corrected chi connectivity index (χ3v) is 3.41. The zero-order valence-corrected chi connectivity index (χ0v) is 11.4. The maximum atomic E-state index is 8.62. The standard InChI is InChI=1S/C15H24N2O2/c18-10-12-19-11-4-9-17-15-7-3-8-16-14-6-2-1-5-13(14)15/h1-2,5-6,15-18H,3-4,7-12H2/t15-/m0/s1. The van der Waals surface area contributed by atoms with Gasteiger partial charge in [-0.1, -0.05) is 18.2 Å². The van der Waals surface area contributed by atoms with E-state index in [-0.39, 0.29) is 6.61 Å². The Kier molecular flexibility index (Phi) is 6.14. The molecule has 0 spiro atoms. The summed E-state index contributed by atoms with van der Waals surface area (Å²) in [6.45, 7) is 3.25. The Balaban J connectivity index is 1.79. The lowest BCUT2D eigenvalue weighted by Crippen LogP contribution is -2.23. The Morgan fingerprint density at radius 2 is 2.21 bits per heavy atom. The first-order chi connectivity index (χ1) is 9.42. The number of aliphatic hydroxyl groups is 1. The number of anilines is 1. The fourth-order valence-electron chi connectivity index (χ4n) is 2.48. The third-order valence-electron chi connectivity index (χ3n) is 3.41.